The van der Waals surface area contributed by atoms with Crippen molar-refractivity contribution < 1.29 is 89.4 Å². The summed E-state index contributed by atoms with van der Waals surface area (Å²) < 4.78 is 33.9. The second kappa shape index (κ2) is 29.1. The van der Waals surface area contributed by atoms with Crippen LogP contribution in [0.25, 0.3) is 0 Å². The van der Waals surface area contributed by atoms with Crippen LogP contribution in [0.15, 0.2) is 12.2 Å². The molecule has 358 valence electrons. The second-order valence-electron chi connectivity index (χ2n) is 16.5. The predicted molar refractivity (Wildman–Crippen MR) is 217 cm³/mol. The molecule has 17 atom stereocenters. The highest BCUT2D eigenvalue weighted by atomic mass is 16.8. The molecule has 61 heavy (non-hydrogen) atoms. The lowest BCUT2D eigenvalue weighted by atomic mass is 9.96. The van der Waals surface area contributed by atoms with E-state index in [0.717, 1.165) is 51.4 Å². The van der Waals surface area contributed by atoms with Crippen molar-refractivity contribution in [2.24, 2.45) is 0 Å². The minimum Gasteiger partial charge on any atom is -0.394 e. The SMILES string of the molecule is CCCCCC/C=C/C(O)C(COC1OC(CO)C(OC2OC(CO)C(OC3OC(CO)C(O)C(O)C3O)C(O)C2O)C(O)C1O)NC(=O)CCCCCCCCCCCC. The number of rotatable bonds is 29. The largest absolute Gasteiger partial charge is 0.394 e. The first-order chi connectivity index (χ1) is 29.3. The van der Waals surface area contributed by atoms with Gasteiger partial charge in [-0.25, -0.2) is 0 Å². The number of amides is 1. The van der Waals surface area contributed by atoms with E-state index in [1.807, 2.05) is 6.08 Å². The van der Waals surface area contributed by atoms with E-state index in [9.17, 15) is 61.0 Å². The molecule has 1 amide bonds. The number of allylic oxidation sites excluding steroid dienone is 1. The Labute approximate surface area is 359 Å². The summed E-state index contributed by atoms with van der Waals surface area (Å²) in [5.41, 5.74) is 0. The Bertz CT molecular complexity index is 1200. The van der Waals surface area contributed by atoms with Gasteiger partial charge in [-0.15, -0.1) is 0 Å². The van der Waals surface area contributed by atoms with Gasteiger partial charge >= 0.3 is 0 Å². The maximum atomic E-state index is 13.0. The van der Waals surface area contributed by atoms with Crippen molar-refractivity contribution >= 4 is 5.91 Å². The van der Waals surface area contributed by atoms with Crippen molar-refractivity contribution in [3.05, 3.63) is 12.2 Å². The maximum Gasteiger partial charge on any atom is 0.220 e. The Morgan fingerprint density at radius 1 is 0.574 bits per heavy atom. The molecular formula is C42H77NO18. The number of aliphatic hydroxyl groups is 11. The predicted octanol–water partition coefficient (Wildman–Crippen LogP) is -0.865. The summed E-state index contributed by atoms with van der Waals surface area (Å²) in [5.74, 6) is -0.286. The van der Waals surface area contributed by atoms with E-state index in [0.29, 0.717) is 6.42 Å². The second-order valence-corrected chi connectivity index (χ2v) is 16.5. The molecule has 0 saturated carbocycles. The van der Waals surface area contributed by atoms with Crippen LogP contribution in [-0.4, -0.2) is 193 Å². The number of hydrogen-bond acceptors (Lipinski definition) is 18. The van der Waals surface area contributed by atoms with Crippen LogP contribution < -0.4 is 5.32 Å². The van der Waals surface area contributed by atoms with Crippen molar-refractivity contribution in [3.8, 4) is 0 Å². The van der Waals surface area contributed by atoms with E-state index in [1.165, 1.54) is 38.5 Å². The lowest BCUT2D eigenvalue weighted by molar-refractivity contribution is -0.379. The Balaban J connectivity index is 1.60. The average molecular weight is 884 g/mol. The molecule has 12 N–H and O–H groups in total. The molecule has 0 aromatic heterocycles. The highest BCUT2D eigenvalue weighted by Gasteiger charge is 2.53. The first-order valence-corrected chi connectivity index (χ1v) is 22.4. The fraction of sp³-hybridized carbons (Fsp3) is 0.929. The zero-order chi connectivity index (χ0) is 44.9. The molecule has 17 unspecified atom stereocenters. The fourth-order valence-corrected chi connectivity index (χ4v) is 7.72. The number of carbonyl (C=O) groups is 1. The van der Waals surface area contributed by atoms with Gasteiger partial charge in [0.1, 0.15) is 73.2 Å². The molecule has 3 aliphatic heterocycles. The van der Waals surface area contributed by atoms with Crippen molar-refractivity contribution in [1.82, 2.24) is 5.32 Å². The maximum absolute atomic E-state index is 13.0. The summed E-state index contributed by atoms with van der Waals surface area (Å²) in [5, 5.41) is 119. The number of carbonyl (C=O) groups excluding carboxylic acids is 1. The van der Waals surface area contributed by atoms with Gasteiger partial charge in [-0.2, -0.15) is 0 Å². The van der Waals surface area contributed by atoms with Gasteiger partial charge in [0, 0.05) is 6.42 Å². The molecule has 3 heterocycles. The van der Waals surface area contributed by atoms with Gasteiger partial charge in [-0.1, -0.05) is 103 Å². The van der Waals surface area contributed by atoms with Gasteiger partial charge < -0.3 is 89.9 Å². The summed E-state index contributed by atoms with van der Waals surface area (Å²) in [7, 11) is 0. The zero-order valence-electron chi connectivity index (χ0n) is 35.9. The van der Waals surface area contributed by atoms with Crippen molar-refractivity contribution in [2.75, 3.05) is 26.4 Å². The van der Waals surface area contributed by atoms with Crippen LogP contribution in [0, 0.1) is 0 Å². The molecule has 0 aromatic carbocycles. The summed E-state index contributed by atoms with van der Waals surface area (Å²) in [6.07, 6.45) is -7.06. The molecule has 0 aromatic rings. The fourth-order valence-electron chi connectivity index (χ4n) is 7.72. The third-order valence-electron chi connectivity index (χ3n) is 11.6. The monoisotopic (exact) mass is 884 g/mol. The number of ether oxygens (including phenoxy) is 6. The van der Waals surface area contributed by atoms with Gasteiger partial charge in [0.2, 0.25) is 5.91 Å². The molecule has 0 bridgehead atoms. The highest BCUT2D eigenvalue weighted by molar-refractivity contribution is 5.76. The molecule has 3 fully saturated rings. The smallest absolute Gasteiger partial charge is 0.220 e. The molecule has 0 radical (unpaired) electrons. The minimum absolute atomic E-state index is 0.245. The van der Waals surface area contributed by atoms with E-state index in [1.54, 1.807) is 6.08 Å². The minimum atomic E-state index is -1.97. The van der Waals surface area contributed by atoms with Crippen LogP contribution in [-0.2, 0) is 33.2 Å². The molecule has 0 spiro atoms. The Kier molecular flexibility index (Phi) is 25.7. The summed E-state index contributed by atoms with van der Waals surface area (Å²) in [4.78, 5) is 13.0. The molecule has 19 nitrogen and oxygen atoms in total. The van der Waals surface area contributed by atoms with Crippen LogP contribution >= 0.6 is 0 Å². The van der Waals surface area contributed by atoms with E-state index >= 15 is 0 Å². The van der Waals surface area contributed by atoms with Gasteiger partial charge in [-0.3, -0.25) is 4.79 Å². The lowest BCUT2D eigenvalue weighted by Gasteiger charge is -2.48. The van der Waals surface area contributed by atoms with Crippen molar-refractivity contribution in [2.45, 2.75) is 221 Å². The quantitative estimate of drug-likeness (QED) is 0.0321. The first kappa shape index (κ1) is 53.9. The Morgan fingerprint density at radius 3 is 1.54 bits per heavy atom. The Hall–Kier alpha value is -1.47. The van der Waals surface area contributed by atoms with E-state index in [2.05, 4.69) is 19.2 Å². The van der Waals surface area contributed by atoms with E-state index in [4.69, 9.17) is 28.4 Å². The molecular weight excluding hydrogens is 806 g/mol. The van der Waals surface area contributed by atoms with Crippen molar-refractivity contribution in [3.63, 3.8) is 0 Å². The van der Waals surface area contributed by atoms with Crippen LogP contribution in [0.2, 0.25) is 0 Å². The van der Waals surface area contributed by atoms with E-state index in [-0.39, 0.29) is 18.9 Å². The average Bonchev–Trinajstić information content (AvgIpc) is 3.25. The third kappa shape index (κ3) is 16.8. The van der Waals surface area contributed by atoms with Gasteiger partial charge in [0.05, 0.1) is 38.6 Å². The van der Waals surface area contributed by atoms with Gasteiger partial charge in [0.15, 0.2) is 18.9 Å². The Morgan fingerprint density at radius 2 is 1.02 bits per heavy atom. The normalized spacial score (nSPS) is 35.7. The number of hydrogen-bond donors (Lipinski definition) is 12. The van der Waals surface area contributed by atoms with Crippen LogP contribution in [0.4, 0.5) is 0 Å². The molecule has 3 saturated heterocycles. The lowest BCUT2D eigenvalue weighted by Crippen LogP contribution is -2.66. The summed E-state index contributed by atoms with van der Waals surface area (Å²) in [6.45, 7) is 1.54. The first-order valence-electron chi connectivity index (χ1n) is 22.4. The van der Waals surface area contributed by atoms with Gasteiger partial charge in [-0.05, 0) is 19.3 Å². The van der Waals surface area contributed by atoms with Crippen molar-refractivity contribution in [1.29, 1.82) is 0 Å². The van der Waals surface area contributed by atoms with Gasteiger partial charge in [0.25, 0.3) is 0 Å². The number of aliphatic hydroxyl groups excluding tert-OH is 11. The summed E-state index contributed by atoms with van der Waals surface area (Å²) in [6, 6.07) is -0.960. The number of unbranched alkanes of at least 4 members (excludes halogenated alkanes) is 13. The standard InChI is InChI=1S/C42H77NO18/c1-3-5-7-9-11-12-13-14-16-18-20-30(48)43-25(26(47)19-17-15-10-8-6-4-2)24-56-40-36(54)33(51)38(28(22-45)58-40)61-42-37(55)34(52)39(29(23-46)59-42)60-41-35(53)32(50)31(49)27(21-44)57-41/h17,19,25-29,31-42,44-47,49-55H,3-16,18,20-24H2,1-2H3,(H,43,48)/b19-17+. The third-order valence-corrected chi connectivity index (χ3v) is 11.6. The molecule has 0 aliphatic carbocycles. The molecule has 3 rings (SSSR count). The van der Waals surface area contributed by atoms with Crippen LogP contribution in [0.5, 0.6) is 0 Å². The zero-order valence-corrected chi connectivity index (χ0v) is 35.9. The van der Waals surface area contributed by atoms with E-state index < -0.39 is 124 Å². The number of nitrogens with one attached hydrogen (secondary N) is 1. The topological polar surface area (TPSA) is 307 Å². The van der Waals surface area contributed by atoms with Crippen LogP contribution in [0.3, 0.4) is 0 Å². The molecule has 3 aliphatic rings. The highest BCUT2D eigenvalue weighted by Crippen LogP contribution is 2.33. The van der Waals surface area contributed by atoms with Crippen LogP contribution in [0.1, 0.15) is 117 Å². The summed E-state index contributed by atoms with van der Waals surface area (Å²) >= 11 is 0. The molecule has 19 heteroatoms.